The van der Waals surface area contributed by atoms with Crippen LogP contribution in [0.3, 0.4) is 0 Å². The number of carbonyl (C=O) groups is 2. The zero-order chi connectivity index (χ0) is 23.2. The number of aromatic nitrogens is 2. The lowest BCUT2D eigenvalue weighted by molar-refractivity contribution is -0.156. The van der Waals surface area contributed by atoms with Gasteiger partial charge in [0.05, 0.1) is 18.0 Å². The van der Waals surface area contributed by atoms with Crippen molar-refractivity contribution >= 4 is 17.8 Å². The summed E-state index contributed by atoms with van der Waals surface area (Å²) in [6.07, 6.45) is 3.64. The Hall–Kier alpha value is -2.97. The summed E-state index contributed by atoms with van der Waals surface area (Å²) < 4.78 is 25.0. The Bertz CT molecular complexity index is 878. The van der Waals surface area contributed by atoms with Gasteiger partial charge in [-0.1, -0.05) is 33.6 Å². The van der Waals surface area contributed by atoms with Crippen molar-refractivity contribution in [1.82, 2.24) is 9.55 Å². The Morgan fingerprint density at radius 2 is 2.03 bits per heavy atom. The molecule has 0 aliphatic carbocycles. The third-order valence-electron chi connectivity index (χ3n) is 4.10. The van der Waals surface area contributed by atoms with Gasteiger partial charge in [-0.15, -0.1) is 6.42 Å². The number of carboxylic acids is 1. The van der Waals surface area contributed by atoms with Crippen LogP contribution in [-0.2, 0) is 19.1 Å². The highest BCUT2D eigenvalue weighted by Gasteiger charge is 2.47. The fourth-order valence-electron chi connectivity index (χ4n) is 2.26. The monoisotopic (exact) mass is 427 g/mol. The molecule has 0 spiro atoms. The topological polar surface area (TPSA) is 154 Å². The van der Waals surface area contributed by atoms with Crippen molar-refractivity contribution in [2.45, 2.75) is 52.0 Å². The molecule has 10 nitrogen and oxygen atoms in total. The first-order valence-corrected chi connectivity index (χ1v) is 9.10. The molecule has 2 heterocycles. The van der Waals surface area contributed by atoms with Gasteiger partial charge in [0.25, 0.3) is 0 Å². The Balaban J connectivity index is 0.000000656. The van der Waals surface area contributed by atoms with E-state index in [0.29, 0.717) is 0 Å². The second kappa shape index (κ2) is 10.2. The molecule has 0 bridgehead atoms. The minimum Gasteiger partial charge on any atom is -0.481 e. The summed E-state index contributed by atoms with van der Waals surface area (Å²) in [6, 6.07) is 0. The Kier molecular flexibility index (Phi) is 8.50. The fraction of sp³-hybridized carbons (Fsp3) is 0.579. The lowest BCUT2D eigenvalue weighted by Crippen LogP contribution is -2.36. The van der Waals surface area contributed by atoms with Gasteiger partial charge in [-0.05, 0) is 0 Å². The second-order valence-electron chi connectivity index (χ2n) is 7.34. The van der Waals surface area contributed by atoms with Crippen molar-refractivity contribution in [3.05, 3.63) is 22.5 Å². The molecule has 1 aliphatic heterocycles. The zero-order valence-corrected chi connectivity index (χ0v) is 17.2. The molecule has 1 aliphatic rings. The molecule has 1 fully saturated rings. The second-order valence-corrected chi connectivity index (χ2v) is 7.34. The first-order valence-electron chi connectivity index (χ1n) is 9.10. The maximum atomic E-state index is 13.6. The van der Waals surface area contributed by atoms with Crippen molar-refractivity contribution in [3.63, 3.8) is 0 Å². The standard InChI is InChI=1S/C15H18FN3O5.C4H8O2/c1-4-15(7-23-13(21)8(2)3)5-10(20)12(24-15)19-6-9(16)11(17)18-14(19)22;1-3(2)4(5)6/h1,6,8,10,12,20H,5,7H2,2-3H3,(H2,17,18,22);3H,1-2H3,(H,5,6). The van der Waals surface area contributed by atoms with E-state index in [0.717, 1.165) is 10.8 Å². The van der Waals surface area contributed by atoms with E-state index in [4.69, 9.17) is 26.7 Å². The van der Waals surface area contributed by atoms with Crippen LogP contribution in [0, 0.1) is 30.0 Å². The minimum absolute atomic E-state index is 0.0992. The van der Waals surface area contributed by atoms with Gasteiger partial charge < -0.3 is 25.4 Å². The van der Waals surface area contributed by atoms with Crippen molar-refractivity contribution in [2.24, 2.45) is 11.8 Å². The first-order chi connectivity index (χ1) is 13.8. The van der Waals surface area contributed by atoms with E-state index in [9.17, 15) is 23.9 Å². The third-order valence-corrected chi connectivity index (χ3v) is 4.10. The lowest BCUT2D eigenvalue weighted by atomic mass is 10.0. The molecule has 0 saturated carbocycles. The highest BCUT2D eigenvalue weighted by atomic mass is 19.1. The molecule has 11 heteroatoms. The molecule has 3 unspecified atom stereocenters. The number of hydrogen-bond acceptors (Lipinski definition) is 8. The molecule has 1 aromatic rings. The third kappa shape index (κ3) is 6.27. The van der Waals surface area contributed by atoms with Gasteiger partial charge in [0.2, 0.25) is 0 Å². The average Bonchev–Trinajstić information content (AvgIpc) is 3.00. The van der Waals surface area contributed by atoms with E-state index in [1.165, 1.54) is 0 Å². The number of nitrogens with zero attached hydrogens (tertiary/aromatic N) is 2. The molecule has 0 amide bonds. The van der Waals surface area contributed by atoms with Crippen LogP contribution in [0.1, 0.15) is 40.3 Å². The number of aliphatic hydroxyl groups is 1. The number of nitrogens with two attached hydrogens (primary N) is 1. The lowest BCUT2D eigenvalue weighted by Gasteiger charge is -2.24. The molecule has 1 saturated heterocycles. The van der Waals surface area contributed by atoms with Crippen molar-refractivity contribution in [1.29, 1.82) is 0 Å². The van der Waals surface area contributed by atoms with Crippen molar-refractivity contribution in [3.8, 4) is 12.3 Å². The smallest absolute Gasteiger partial charge is 0.351 e. The number of aliphatic carboxylic acids is 1. The number of anilines is 1. The van der Waals surface area contributed by atoms with E-state index in [-0.39, 0.29) is 24.9 Å². The van der Waals surface area contributed by atoms with Crippen LogP contribution >= 0.6 is 0 Å². The zero-order valence-electron chi connectivity index (χ0n) is 17.2. The number of carboxylic acid groups (broad SMARTS) is 1. The molecule has 0 aromatic carbocycles. The number of rotatable bonds is 5. The van der Waals surface area contributed by atoms with Crippen LogP contribution in [0.4, 0.5) is 10.2 Å². The number of nitrogen functional groups attached to an aromatic ring is 1. The van der Waals surface area contributed by atoms with E-state index >= 15 is 0 Å². The van der Waals surface area contributed by atoms with Crippen LogP contribution in [0.2, 0.25) is 0 Å². The molecule has 0 radical (unpaired) electrons. The fourth-order valence-corrected chi connectivity index (χ4v) is 2.26. The van der Waals surface area contributed by atoms with Crippen LogP contribution in [0.25, 0.3) is 0 Å². The van der Waals surface area contributed by atoms with Gasteiger partial charge in [-0.2, -0.15) is 4.98 Å². The number of esters is 1. The molecule has 1 aromatic heterocycles. The summed E-state index contributed by atoms with van der Waals surface area (Å²) in [7, 11) is 0. The van der Waals surface area contributed by atoms with Gasteiger partial charge >= 0.3 is 17.6 Å². The summed E-state index contributed by atoms with van der Waals surface area (Å²) in [6.45, 7) is 6.29. The first kappa shape index (κ1) is 25.1. The molecular formula is C19H26FN3O7. The predicted octanol–water partition coefficient (Wildman–Crippen LogP) is 0.543. The normalized spacial score (nSPS) is 22.9. The number of ether oxygens (including phenoxy) is 2. The van der Waals surface area contributed by atoms with Gasteiger partial charge in [0.1, 0.15) is 12.7 Å². The molecular weight excluding hydrogens is 401 g/mol. The average molecular weight is 427 g/mol. The summed E-state index contributed by atoms with van der Waals surface area (Å²) in [5.74, 6) is -0.975. The van der Waals surface area contributed by atoms with Crippen molar-refractivity contribution < 1.29 is 33.7 Å². The molecule has 4 N–H and O–H groups in total. The number of terminal acetylenes is 1. The van der Waals surface area contributed by atoms with Crippen molar-refractivity contribution in [2.75, 3.05) is 12.3 Å². The Morgan fingerprint density at radius 1 is 1.47 bits per heavy atom. The molecule has 2 rings (SSSR count). The van der Waals surface area contributed by atoms with Crippen LogP contribution in [0.15, 0.2) is 11.0 Å². The molecule has 3 atom stereocenters. The summed E-state index contributed by atoms with van der Waals surface area (Å²) in [5.41, 5.74) is 2.90. The molecule has 166 valence electrons. The van der Waals surface area contributed by atoms with Crippen LogP contribution in [-0.4, -0.2) is 50.0 Å². The number of carbonyl (C=O) groups excluding carboxylic acids is 1. The number of aliphatic hydroxyl groups excluding tert-OH is 1. The summed E-state index contributed by atoms with van der Waals surface area (Å²) in [5, 5.41) is 18.2. The van der Waals surface area contributed by atoms with Gasteiger partial charge in [-0.25, -0.2) is 9.18 Å². The maximum Gasteiger partial charge on any atom is 0.351 e. The highest BCUT2D eigenvalue weighted by Crippen LogP contribution is 2.36. The van der Waals surface area contributed by atoms with E-state index < -0.39 is 47.2 Å². The predicted molar refractivity (Wildman–Crippen MR) is 103 cm³/mol. The van der Waals surface area contributed by atoms with E-state index in [1.54, 1.807) is 27.7 Å². The maximum absolute atomic E-state index is 13.6. The quantitative estimate of drug-likeness (QED) is 0.451. The van der Waals surface area contributed by atoms with Gasteiger partial charge in [0, 0.05) is 6.42 Å². The van der Waals surface area contributed by atoms with Crippen LogP contribution in [0.5, 0.6) is 0 Å². The summed E-state index contributed by atoms with van der Waals surface area (Å²) >= 11 is 0. The van der Waals surface area contributed by atoms with Gasteiger partial charge in [0.15, 0.2) is 23.5 Å². The van der Waals surface area contributed by atoms with E-state index in [2.05, 4.69) is 10.9 Å². The Morgan fingerprint density at radius 3 is 2.50 bits per heavy atom. The Labute approximate surface area is 172 Å². The number of hydrogen-bond donors (Lipinski definition) is 3. The minimum atomic E-state index is -1.42. The number of halogens is 1. The molecule has 30 heavy (non-hydrogen) atoms. The van der Waals surface area contributed by atoms with E-state index in [1.807, 2.05) is 0 Å². The van der Waals surface area contributed by atoms with Crippen LogP contribution < -0.4 is 11.4 Å². The van der Waals surface area contributed by atoms with Gasteiger partial charge in [-0.3, -0.25) is 14.2 Å². The highest BCUT2D eigenvalue weighted by molar-refractivity contribution is 5.71. The SMILES string of the molecule is C#CC1(COC(=O)C(C)C)CC(O)C(n2cc(F)c(N)nc2=O)O1.CC(C)C(=O)O. The largest absolute Gasteiger partial charge is 0.481 e. The summed E-state index contributed by atoms with van der Waals surface area (Å²) in [4.78, 5) is 36.5.